The van der Waals surface area contributed by atoms with E-state index >= 15 is 0 Å². The Kier molecular flexibility index (Phi) is 6.33. The molecule has 0 heterocycles. The SMILES string of the molecule is C[C@H](NC(=O)NCCOCC(F)(F)F)C(=O)O. The van der Waals surface area contributed by atoms with Crippen LogP contribution < -0.4 is 10.6 Å². The van der Waals surface area contributed by atoms with Gasteiger partial charge in [-0.1, -0.05) is 0 Å². The number of alkyl halides is 3. The van der Waals surface area contributed by atoms with E-state index in [2.05, 4.69) is 15.4 Å². The molecule has 0 aromatic heterocycles. The van der Waals surface area contributed by atoms with E-state index in [1.54, 1.807) is 0 Å². The molecule has 0 aliphatic heterocycles. The smallest absolute Gasteiger partial charge is 0.411 e. The fourth-order valence-corrected chi connectivity index (χ4v) is 0.734. The van der Waals surface area contributed by atoms with Gasteiger partial charge in [-0.2, -0.15) is 13.2 Å². The van der Waals surface area contributed by atoms with E-state index in [1.165, 1.54) is 6.92 Å². The molecule has 0 unspecified atom stereocenters. The van der Waals surface area contributed by atoms with E-state index in [-0.39, 0.29) is 13.2 Å². The predicted molar refractivity (Wildman–Crippen MR) is 50.5 cm³/mol. The largest absolute Gasteiger partial charge is 0.480 e. The highest BCUT2D eigenvalue weighted by molar-refractivity contribution is 5.82. The quantitative estimate of drug-likeness (QED) is 0.599. The summed E-state index contributed by atoms with van der Waals surface area (Å²) in [5, 5.41) is 12.6. The molecular formula is C8H13F3N2O4. The third-order valence-corrected chi connectivity index (χ3v) is 1.52. The van der Waals surface area contributed by atoms with Crippen LogP contribution >= 0.6 is 0 Å². The molecule has 1 atom stereocenters. The zero-order chi connectivity index (χ0) is 13.5. The number of carbonyl (C=O) groups excluding carboxylic acids is 1. The zero-order valence-corrected chi connectivity index (χ0v) is 9.00. The van der Waals surface area contributed by atoms with Gasteiger partial charge in [0.1, 0.15) is 12.6 Å². The standard InChI is InChI=1S/C8H13F3N2O4/c1-5(6(14)15)13-7(16)12-2-3-17-4-8(9,10)11/h5H,2-4H2,1H3,(H,14,15)(H2,12,13,16)/t5-/m0/s1. The summed E-state index contributed by atoms with van der Waals surface area (Å²) < 4.78 is 39.1. The summed E-state index contributed by atoms with van der Waals surface area (Å²) in [5.41, 5.74) is 0. The molecule has 0 aliphatic carbocycles. The Morgan fingerprint density at radius 2 is 2.00 bits per heavy atom. The second-order valence-electron chi connectivity index (χ2n) is 3.13. The molecule has 0 rings (SSSR count). The molecule has 0 aromatic rings. The first-order chi connectivity index (χ1) is 7.72. The maximum Gasteiger partial charge on any atom is 0.411 e. The second kappa shape index (κ2) is 6.94. The number of halogens is 3. The van der Waals surface area contributed by atoms with Crippen LogP contribution in [-0.2, 0) is 9.53 Å². The van der Waals surface area contributed by atoms with Crippen molar-refractivity contribution in [3.8, 4) is 0 Å². The Bertz CT molecular complexity index is 270. The van der Waals surface area contributed by atoms with E-state index in [4.69, 9.17) is 5.11 Å². The Morgan fingerprint density at radius 3 is 2.47 bits per heavy atom. The highest BCUT2D eigenvalue weighted by Gasteiger charge is 2.27. The number of ether oxygens (including phenoxy) is 1. The number of hydrogen-bond donors (Lipinski definition) is 3. The van der Waals surface area contributed by atoms with E-state index in [0.29, 0.717) is 0 Å². The topological polar surface area (TPSA) is 87.7 Å². The number of aliphatic carboxylic acids is 1. The molecule has 0 saturated carbocycles. The highest BCUT2D eigenvalue weighted by atomic mass is 19.4. The van der Waals surface area contributed by atoms with Crippen LogP contribution in [0.15, 0.2) is 0 Å². The molecule has 0 aliphatic rings. The molecule has 0 radical (unpaired) electrons. The lowest BCUT2D eigenvalue weighted by Gasteiger charge is -2.11. The van der Waals surface area contributed by atoms with E-state index in [1.807, 2.05) is 0 Å². The summed E-state index contributed by atoms with van der Waals surface area (Å²) in [6.07, 6.45) is -4.40. The summed E-state index contributed by atoms with van der Waals surface area (Å²) in [6, 6.07) is -1.86. The van der Waals surface area contributed by atoms with Crippen molar-refractivity contribution >= 4 is 12.0 Å². The molecule has 3 N–H and O–H groups in total. The summed E-state index contributed by atoms with van der Waals surface area (Å²) in [6.45, 7) is -0.591. The van der Waals surface area contributed by atoms with Gasteiger partial charge in [0.05, 0.1) is 6.61 Å². The molecule has 100 valence electrons. The Labute approximate surface area is 95.1 Å². The third kappa shape index (κ3) is 9.42. The molecule has 0 spiro atoms. The van der Waals surface area contributed by atoms with E-state index < -0.39 is 30.8 Å². The minimum atomic E-state index is -4.40. The first kappa shape index (κ1) is 15.5. The van der Waals surface area contributed by atoms with Crippen molar-refractivity contribution in [1.82, 2.24) is 10.6 Å². The fraction of sp³-hybridized carbons (Fsp3) is 0.750. The molecule has 9 heteroatoms. The molecule has 2 amide bonds. The lowest BCUT2D eigenvalue weighted by molar-refractivity contribution is -0.173. The van der Waals surface area contributed by atoms with Gasteiger partial charge >= 0.3 is 18.2 Å². The van der Waals surface area contributed by atoms with Crippen molar-refractivity contribution in [2.24, 2.45) is 0 Å². The van der Waals surface area contributed by atoms with Gasteiger partial charge in [-0.15, -0.1) is 0 Å². The lowest BCUT2D eigenvalue weighted by atomic mass is 10.3. The van der Waals surface area contributed by atoms with Crippen molar-refractivity contribution in [2.75, 3.05) is 19.8 Å². The number of hydrogen-bond acceptors (Lipinski definition) is 3. The number of carboxylic acids is 1. The highest BCUT2D eigenvalue weighted by Crippen LogP contribution is 2.13. The van der Waals surface area contributed by atoms with Crippen LogP contribution in [0.5, 0.6) is 0 Å². The first-order valence-corrected chi connectivity index (χ1v) is 4.64. The van der Waals surface area contributed by atoms with Gasteiger partial charge in [-0.3, -0.25) is 4.79 Å². The fourth-order valence-electron chi connectivity index (χ4n) is 0.734. The molecule has 17 heavy (non-hydrogen) atoms. The first-order valence-electron chi connectivity index (χ1n) is 4.64. The molecular weight excluding hydrogens is 245 g/mol. The van der Waals surface area contributed by atoms with Crippen molar-refractivity contribution in [1.29, 1.82) is 0 Å². The van der Waals surface area contributed by atoms with Crippen molar-refractivity contribution < 1.29 is 32.6 Å². The van der Waals surface area contributed by atoms with Crippen LogP contribution in [0.25, 0.3) is 0 Å². The molecule has 6 nitrogen and oxygen atoms in total. The van der Waals surface area contributed by atoms with Gasteiger partial charge in [-0.05, 0) is 6.92 Å². The maximum absolute atomic E-state index is 11.6. The van der Waals surface area contributed by atoms with E-state index in [9.17, 15) is 22.8 Å². The van der Waals surface area contributed by atoms with Gasteiger partial charge in [0.25, 0.3) is 0 Å². The monoisotopic (exact) mass is 258 g/mol. The summed E-state index contributed by atoms with van der Waals surface area (Å²) in [4.78, 5) is 21.3. The van der Waals surface area contributed by atoms with Crippen LogP contribution in [0.1, 0.15) is 6.92 Å². The Morgan fingerprint density at radius 1 is 1.41 bits per heavy atom. The zero-order valence-electron chi connectivity index (χ0n) is 9.00. The molecule has 0 fully saturated rings. The number of carbonyl (C=O) groups is 2. The number of urea groups is 1. The van der Waals surface area contributed by atoms with E-state index in [0.717, 1.165) is 0 Å². The van der Waals surface area contributed by atoms with Gasteiger partial charge < -0.3 is 20.5 Å². The van der Waals surface area contributed by atoms with Crippen LogP contribution in [0.2, 0.25) is 0 Å². The summed E-state index contributed by atoms with van der Waals surface area (Å²) in [7, 11) is 0. The van der Waals surface area contributed by atoms with Gasteiger partial charge in [-0.25, -0.2) is 4.79 Å². The minimum Gasteiger partial charge on any atom is -0.480 e. The Hall–Kier alpha value is -1.51. The van der Waals surface area contributed by atoms with Crippen LogP contribution in [-0.4, -0.2) is 49.1 Å². The summed E-state index contributed by atoms with van der Waals surface area (Å²) in [5.74, 6) is -1.21. The lowest BCUT2D eigenvalue weighted by Crippen LogP contribution is -2.45. The maximum atomic E-state index is 11.6. The number of rotatable bonds is 6. The third-order valence-electron chi connectivity index (χ3n) is 1.52. The van der Waals surface area contributed by atoms with Gasteiger partial charge in [0.15, 0.2) is 0 Å². The van der Waals surface area contributed by atoms with Crippen LogP contribution in [0.3, 0.4) is 0 Å². The summed E-state index contributed by atoms with van der Waals surface area (Å²) >= 11 is 0. The van der Waals surface area contributed by atoms with Gasteiger partial charge in [0.2, 0.25) is 0 Å². The normalized spacial score (nSPS) is 12.9. The molecule has 0 aromatic carbocycles. The minimum absolute atomic E-state index is 0.145. The number of carboxylic acid groups (broad SMARTS) is 1. The Balaban J connectivity index is 3.56. The average molecular weight is 258 g/mol. The van der Waals surface area contributed by atoms with Crippen LogP contribution in [0.4, 0.5) is 18.0 Å². The second-order valence-corrected chi connectivity index (χ2v) is 3.13. The predicted octanol–water partition coefficient (Wildman–Crippen LogP) is 0.338. The molecule has 0 bridgehead atoms. The van der Waals surface area contributed by atoms with Gasteiger partial charge in [0, 0.05) is 6.54 Å². The van der Waals surface area contributed by atoms with Crippen molar-refractivity contribution in [2.45, 2.75) is 19.1 Å². The number of nitrogens with one attached hydrogen (secondary N) is 2. The number of amides is 2. The van der Waals surface area contributed by atoms with Crippen LogP contribution in [0, 0.1) is 0 Å². The average Bonchev–Trinajstić information content (AvgIpc) is 2.15. The van der Waals surface area contributed by atoms with Crippen molar-refractivity contribution in [3.63, 3.8) is 0 Å². The molecule has 0 saturated heterocycles. The van der Waals surface area contributed by atoms with Crippen molar-refractivity contribution in [3.05, 3.63) is 0 Å².